The van der Waals surface area contributed by atoms with Crippen LogP contribution in [0.2, 0.25) is 0 Å². The fourth-order valence-corrected chi connectivity index (χ4v) is 7.64. The van der Waals surface area contributed by atoms with Crippen molar-refractivity contribution in [3.05, 3.63) is 228 Å². The summed E-state index contributed by atoms with van der Waals surface area (Å²) in [5, 5.41) is 0. The van der Waals surface area contributed by atoms with Gasteiger partial charge in [0.25, 0.3) is 0 Å². The van der Waals surface area contributed by atoms with Crippen LogP contribution in [0.5, 0.6) is 23.0 Å². The van der Waals surface area contributed by atoms with Crippen molar-refractivity contribution in [1.29, 1.82) is 0 Å². The molecule has 2 aliphatic rings. The normalized spacial score (nSPS) is 12.1. The maximum atomic E-state index is 7.00. The number of para-hydroxylation sites is 4. The van der Waals surface area contributed by atoms with Crippen molar-refractivity contribution >= 4 is 11.1 Å². The number of benzene rings is 8. The van der Waals surface area contributed by atoms with E-state index < -0.39 is 0 Å². The third-order valence-corrected chi connectivity index (χ3v) is 10.2. The molecule has 2 nitrogen and oxygen atoms in total. The number of hydrogen-bond acceptors (Lipinski definition) is 2. The maximum absolute atomic E-state index is 7.00. The summed E-state index contributed by atoms with van der Waals surface area (Å²) in [6.45, 7) is 0. The van der Waals surface area contributed by atoms with Crippen LogP contribution in [0.1, 0.15) is 22.3 Å². The van der Waals surface area contributed by atoms with Crippen LogP contribution < -0.4 is 9.47 Å². The van der Waals surface area contributed by atoms with Crippen molar-refractivity contribution in [3.63, 3.8) is 0 Å². The highest BCUT2D eigenvalue weighted by molar-refractivity contribution is 5.98. The summed E-state index contributed by atoms with van der Waals surface area (Å²) in [4.78, 5) is 0. The number of fused-ring (bicyclic) bond motifs is 4. The SMILES string of the molecule is C(=C=C1c2cccc(-c3ccccc3)c2Oc2c1cccc2-c1ccccc1)=C1c2cccc(-c3ccccc3)c2Oc2c1cccc2-c1ccccc1. The van der Waals surface area contributed by atoms with Gasteiger partial charge in [0.05, 0.1) is 0 Å². The first-order chi connectivity index (χ1) is 26.8. The van der Waals surface area contributed by atoms with Gasteiger partial charge in [-0.2, -0.15) is 0 Å². The van der Waals surface area contributed by atoms with Crippen LogP contribution in [0, 0.1) is 0 Å². The molecule has 0 saturated carbocycles. The van der Waals surface area contributed by atoms with Gasteiger partial charge in [-0.1, -0.05) is 181 Å². The molecular formula is C52H32O2. The van der Waals surface area contributed by atoms with Crippen molar-refractivity contribution in [1.82, 2.24) is 0 Å². The predicted octanol–water partition coefficient (Wildman–Crippen LogP) is 13.9. The zero-order chi connectivity index (χ0) is 35.8. The van der Waals surface area contributed by atoms with Crippen molar-refractivity contribution in [2.75, 3.05) is 0 Å². The molecule has 252 valence electrons. The average Bonchev–Trinajstić information content (AvgIpc) is 3.25. The standard InChI is InChI=1S/C52H32O2/c1-5-17-35(18-6-1)39-25-13-29-45-43(46-30-14-26-40(50(46)53-49(39)45)36-19-7-2-8-20-36)33-34-44-47-31-15-27-41(37-21-9-3-10-22-37)51(47)54-52-42(28-16-32-48(44)52)38-23-11-4-12-24-38/h1-32H. The maximum Gasteiger partial charge on any atom is 0.143 e. The highest BCUT2D eigenvalue weighted by atomic mass is 16.5. The van der Waals surface area contributed by atoms with Crippen molar-refractivity contribution in [3.8, 4) is 67.5 Å². The lowest BCUT2D eigenvalue weighted by Crippen LogP contribution is -2.05. The number of hydrogen-bond donors (Lipinski definition) is 0. The molecule has 0 saturated heterocycles. The van der Waals surface area contributed by atoms with Gasteiger partial charge in [-0.25, -0.2) is 0 Å². The van der Waals surface area contributed by atoms with Gasteiger partial charge in [-0.15, -0.1) is 0 Å². The molecule has 0 aromatic heterocycles. The van der Waals surface area contributed by atoms with Gasteiger partial charge in [-0.05, 0) is 46.5 Å². The first-order valence-electron chi connectivity index (χ1n) is 18.2. The third-order valence-electron chi connectivity index (χ3n) is 10.2. The molecule has 2 aliphatic heterocycles. The average molecular weight is 689 g/mol. The molecule has 54 heavy (non-hydrogen) atoms. The second-order valence-electron chi connectivity index (χ2n) is 13.4. The molecule has 10 rings (SSSR count). The van der Waals surface area contributed by atoms with E-state index in [1.165, 1.54) is 0 Å². The summed E-state index contributed by atoms with van der Waals surface area (Å²) >= 11 is 0. The van der Waals surface area contributed by atoms with Gasteiger partial charge >= 0.3 is 0 Å². The molecule has 0 unspecified atom stereocenters. The zero-order valence-electron chi connectivity index (χ0n) is 29.3. The van der Waals surface area contributed by atoms with Crippen LogP contribution in [0.3, 0.4) is 0 Å². The van der Waals surface area contributed by atoms with E-state index in [-0.39, 0.29) is 0 Å². The van der Waals surface area contributed by atoms with Gasteiger partial charge in [0.15, 0.2) is 0 Å². The lowest BCUT2D eigenvalue weighted by molar-refractivity contribution is 0.477. The quantitative estimate of drug-likeness (QED) is 0.171. The lowest BCUT2D eigenvalue weighted by Gasteiger charge is -2.26. The first kappa shape index (κ1) is 31.4. The molecule has 0 bridgehead atoms. The second kappa shape index (κ2) is 13.3. The van der Waals surface area contributed by atoms with Gasteiger partial charge in [0.2, 0.25) is 0 Å². The summed E-state index contributed by atoms with van der Waals surface area (Å²) in [5.41, 5.74) is 21.7. The van der Waals surface area contributed by atoms with Crippen LogP contribution in [0.25, 0.3) is 55.7 Å². The minimum Gasteiger partial charge on any atom is -0.455 e. The Labute approximate surface area is 314 Å². The molecule has 0 N–H and O–H groups in total. The Morgan fingerprint density at radius 2 is 0.444 bits per heavy atom. The Balaban J connectivity index is 1.30. The topological polar surface area (TPSA) is 18.5 Å². The Kier molecular flexibility index (Phi) is 7.75. The zero-order valence-corrected chi connectivity index (χ0v) is 29.3. The largest absolute Gasteiger partial charge is 0.455 e. The fraction of sp³-hybridized carbons (Fsp3) is 0. The fourth-order valence-electron chi connectivity index (χ4n) is 7.64. The van der Waals surface area contributed by atoms with Gasteiger partial charge < -0.3 is 9.47 Å². The molecule has 0 radical (unpaired) electrons. The monoisotopic (exact) mass is 688 g/mol. The molecule has 2 heterocycles. The van der Waals surface area contributed by atoms with E-state index in [4.69, 9.17) is 9.47 Å². The number of ether oxygens (including phenoxy) is 2. The van der Waals surface area contributed by atoms with E-state index in [2.05, 4.69) is 181 Å². The van der Waals surface area contributed by atoms with E-state index in [1.54, 1.807) is 0 Å². The van der Waals surface area contributed by atoms with Crippen LogP contribution in [0.15, 0.2) is 206 Å². The first-order valence-corrected chi connectivity index (χ1v) is 18.2. The summed E-state index contributed by atoms with van der Waals surface area (Å²) < 4.78 is 14.0. The predicted molar refractivity (Wildman–Crippen MR) is 220 cm³/mol. The molecule has 0 aliphatic carbocycles. The summed E-state index contributed by atoms with van der Waals surface area (Å²) in [5.74, 6) is 3.22. The van der Waals surface area contributed by atoms with Crippen LogP contribution >= 0.6 is 0 Å². The molecular weight excluding hydrogens is 657 g/mol. The van der Waals surface area contributed by atoms with Crippen LogP contribution in [-0.4, -0.2) is 0 Å². The van der Waals surface area contributed by atoms with E-state index in [0.717, 1.165) is 101 Å². The Bertz CT molecular complexity index is 2430. The molecule has 0 fully saturated rings. The molecule has 0 atom stereocenters. The van der Waals surface area contributed by atoms with Crippen molar-refractivity contribution in [2.24, 2.45) is 0 Å². The molecule has 0 spiro atoms. The van der Waals surface area contributed by atoms with Crippen LogP contribution in [-0.2, 0) is 0 Å². The second-order valence-corrected chi connectivity index (χ2v) is 13.4. The Hall–Kier alpha value is -7.34. The van der Waals surface area contributed by atoms with E-state index in [9.17, 15) is 0 Å². The van der Waals surface area contributed by atoms with E-state index in [0.29, 0.717) is 0 Å². The third kappa shape index (κ3) is 5.39. The minimum atomic E-state index is 0.805. The Morgan fingerprint density at radius 1 is 0.222 bits per heavy atom. The molecule has 8 aromatic carbocycles. The highest BCUT2D eigenvalue weighted by Gasteiger charge is 2.29. The lowest BCUT2D eigenvalue weighted by atomic mass is 9.87. The molecule has 8 aromatic rings. The summed E-state index contributed by atoms with van der Waals surface area (Å²) in [6.07, 6.45) is 0. The van der Waals surface area contributed by atoms with E-state index >= 15 is 0 Å². The van der Waals surface area contributed by atoms with Crippen LogP contribution in [0.4, 0.5) is 0 Å². The van der Waals surface area contributed by atoms with Crippen molar-refractivity contribution in [2.45, 2.75) is 0 Å². The molecule has 2 heteroatoms. The van der Waals surface area contributed by atoms with Gasteiger partial charge in [0.1, 0.15) is 23.0 Å². The van der Waals surface area contributed by atoms with Gasteiger partial charge in [0, 0.05) is 55.7 Å². The number of rotatable bonds is 4. The smallest absolute Gasteiger partial charge is 0.143 e. The van der Waals surface area contributed by atoms with Crippen molar-refractivity contribution < 1.29 is 9.47 Å². The van der Waals surface area contributed by atoms with E-state index in [1.807, 2.05) is 24.3 Å². The molecule has 0 amide bonds. The highest BCUT2D eigenvalue weighted by Crippen LogP contribution is 2.53. The Morgan fingerprint density at radius 3 is 0.685 bits per heavy atom. The summed E-state index contributed by atoms with van der Waals surface area (Å²) in [7, 11) is 0. The minimum absolute atomic E-state index is 0.805. The van der Waals surface area contributed by atoms with Gasteiger partial charge in [-0.3, -0.25) is 0 Å². The summed E-state index contributed by atoms with van der Waals surface area (Å²) in [6, 6.07) is 67.1.